The number of piperidine rings is 1. The highest BCUT2D eigenvalue weighted by Gasteiger charge is 2.51. The first-order chi connectivity index (χ1) is 11.2. The second-order valence-corrected chi connectivity index (χ2v) is 7.95. The predicted octanol–water partition coefficient (Wildman–Crippen LogP) is 3.19. The molecule has 0 unspecified atom stereocenters. The maximum atomic E-state index is 13.3. The Morgan fingerprint density at radius 3 is 2.44 bits per heavy atom. The second kappa shape index (κ2) is 10.3. The summed E-state index contributed by atoms with van der Waals surface area (Å²) in [5, 5.41) is 3.52. The molecule has 1 aliphatic carbocycles. The third-order valence-electron chi connectivity index (χ3n) is 6.78. The SMILES string of the molecule is CCN(CC)CC1CCN(C(=O)[C@@]23CCCC[C@H]2CNC3)CC1.Cl.Cl. The summed E-state index contributed by atoms with van der Waals surface area (Å²) in [6.07, 6.45) is 7.29. The predicted molar refractivity (Wildman–Crippen MR) is 109 cm³/mol. The molecule has 1 N–H and O–H groups in total. The van der Waals surface area contributed by atoms with Crippen LogP contribution in [0.3, 0.4) is 0 Å². The Hall–Kier alpha value is -0.0300. The number of carbonyl (C=O) groups excluding carboxylic acids is 1. The van der Waals surface area contributed by atoms with E-state index in [-0.39, 0.29) is 30.2 Å². The molecule has 6 heteroatoms. The van der Waals surface area contributed by atoms with Crippen LogP contribution in [0.4, 0.5) is 0 Å². The third kappa shape index (κ3) is 4.82. The van der Waals surface area contributed by atoms with Crippen LogP contribution in [0.1, 0.15) is 52.4 Å². The topological polar surface area (TPSA) is 35.6 Å². The largest absolute Gasteiger partial charge is 0.342 e. The normalized spacial score (nSPS) is 29.7. The van der Waals surface area contributed by atoms with Crippen LogP contribution >= 0.6 is 24.8 Å². The molecule has 4 nitrogen and oxygen atoms in total. The zero-order valence-corrected chi connectivity index (χ0v) is 17.6. The van der Waals surface area contributed by atoms with Crippen molar-refractivity contribution in [3.05, 3.63) is 0 Å². The quantitative estimate of drug-likeness (QED) is 0.778. The lowest BCUT2D eigenvalue weighted by Gasteiger charge is -2.43. The van der Waals surface area contributed by atoms with Gasteiger partial charge >= 0.3 is 0 Å². The van der Waals surface area contributed by atoms with Gasteiger partial charge in [-0.05, 0) is 57.2 Å². The van der Waals surface area contributed by atoms with Gasteiger partial charge in [-0.1, -0.05) is 26.7 Å². The molecule has 3 fully saturated rings. The highest BCUT2D eigenvalue weighted by Crippen LogP contribution is 2.45. The van der Waals surface area contributed by atoms with Crippen molar-refractivity contribution in [3.63, 3.8) is 0 Å². The molecule has 2 heterocycles. The van der Waals surface area contributed by atoms with Gasteiger partial charge in [-0.3, -0.25) is 4.79 Å². The maximum Gasteiger partial charge on any atom is 0.230 e. The van der Waals surface area contributed by atoms with Gasteiger partial charge in [0.25, 0.3) is 0 Å². The minimum absolute atomic E-state index is 0. The molecular formula is C19H37Cl2N3O. The first kappa shape index (κ1) is 23.0. The number of halogens is 2. The smallest absolute Gasteiger partial charge is 0.230 e. The highest BCUT2D eigenvalue weighted by atomic mass is 35.5. The average Bonchev–Trinajstić information content (AvgIpc) is 3.04. The van der Waals surface area contributed by atoms with Crippen LogP contribution in [0.15, 0.2) is 0 Å². The van der Waals surface area contributed by atoms with Crippen molar-refractivity contribution in [1.29, 1.82) is 0 Å². The van der Waals surface area contributed by atoms with E-state index < -0.39 is 0 Å². The van der Waals surface area contributed by atoms with Crippen molar-refractivity contribution in [2.24, 2.45) is 17.3 Å². The number of fused-ring (bicyclic) bond motifs is 1. The molecular weight excluding hydrogens is 357 g/mol. The average molecular weight is 394 g/mol. The lowest BCUT2D eigenvalue weighted by molar-refractivity contribution is -0.147. The lowest BCUT2D eigenvalue weighted by Crippen LogP contribution is -2.52. The summed E-state index contributed by atoms with van der Waals surface area (Å²) in [5.74, 6) is 1.85. The summed E-state index contributed by atoms with van der Waals surface area (Å²) in [5.41, 5.74) is -0.0516. The summed E-state index contributed by atoms with van der Waals surface area (Å²) in [6, 6.07) is 0. The molecule has 2 atom stereocenters. The number of nitrogens with one attached hydrogen (secondary N) is 1. The first-order valence-corrected chi connectivity index (χ1v) is 9.92. The van der Waals surface area contributed by atoms with E-state index in [1.165, 1.54) is 38.6 Å². The molecule has 0 radical (unpaired) electrons. The molecule has 148 valence electrons. The number of likely N-dealkylation sites (tertiary alicyclic amines) is 1. The van der Waals surface area contributed by atoms with E-state index in [4.69, 9.17) is 0 Å². The van der Waals surface area contributed by atoms with E-state index in [9.17, 15) is 4.79 Å². The van der Waals surface area contributed by atoms with Crippen LogP contribution in [-0.4, -0.2) is 61.5 Å². The minimum atomic E-state index is -0.0516. The maximum absolute atomic E-state index is 13.3. The fourth-order valence-corrected chi connectivity index (χ4v) is 5.15. The van der Waals surface area contributed by atoms with Crippen molar-refractivity contribution >= 4 is 30.7 Å². The summed E-state index contributed by atoms with van der Waals surface area (Å²) >= 11 is 0. The van der Waals surface area contributed by atoms with E-state index in [2.05, 4.69) is 29.0 Å². The Labute approximate surface area is 166 Å². The van der Waals surface area contributed by atoms with Crippen LogP contribution in [0.25, 0.3) is 0 Å². The minimum Gasteiger partial charge on any atom is -0.342 e. The van der Waals surface area contributed by atoms with Crippen molar-refractivity contribution in [2.75, 3.05) is 45.8 Å². The molecule has 0 aromatic carbocycles. The summed E-state index contributed by atoms with van der Waals surface area (Å²) in [6.45, 7) is 12.0. The summed E-state index contributed by atoms with van der Waals surface area (Å²) in [7, 11) is 0. The Morgan fingerprint density at radius 1 is 1.12 bits per heavy atom. The van der Waals surface area contributed by atoms with Gasteiger partial charge in [-0.15, -0.1) is 24.8 Å². The zero-order valence-electron chi connectivity index (χ0n) is 16.0. The van der Waals surface area contributed by atoms with E-state index >= 15 is 0 Å². The van der Waals surface area contributed by atoms with E-state index in [0.717, 1.165) is 51.6 Å². The van der Waals surface area contributed by atoms with Crippen molar-refractivity contribution < 1.29 is 4.79 Å². The van der Waals surface area contributed by atoms with Gasteiger partial charge < -0.3 is 15.1 Å². The molecule has 3 aliphatic rings. The van der Waals surface area contributed by atoms with Crippen molar-refractivity contribution in [2.45, 2.75) is 52.4 Å². The first-order valence-electron chi connectivity index (χ1n) is 9.92. The third-order valence-corrected chi connectivity index (χ3v) is 6.78. The molecule has 0 aromatic heterocycles. The zero-order chi connectivity index (χ0) is 16.3. The standard InChI is InChI=1S/C19H35N3O.2ClH/c1-3-21(4-2)14-16-8-11-22(12-9-16)18(23)19-10-6-5-7-17(19)13-20-15-19;;/h16-17,20H,3-15H2,1-2H3;2*1H/t17-,19+;;/m0../s1. The van der Waals surface area contributed by atoms with Crippen molar-refractivity contribution in [1.82, 2.24) is 15.1 Å². The highest BCUT2D eigenvalue weighted by molar-refractivity contribution is 5.85. The van der Waals surface area contributed by atoms with Gasteiger partial charge in [-0.25, -0.2) is 0 Å². The van der Waals surface area contributed by atoms with E-state index in [1.54, 1.807) is 0 Å². The molecule has 1 amide bonds. The molecule has 2 aliphatic heterocycles. The monoisotopic (exact) mass is 393 g/mol. The molecule has 3 rings (SSSR count). The molecule has 1 saturated carbocycles. The summed E-state index contributed by atoms with van der Waals surface area (Å²) in [4.78, 5) is 18.0. The van der Waals surface area contributed by atoms with Crippen LogP contribution in [-0.2, 0) is 4.79 Å². The van der Waals surface area contributed by atoms with Crippen molar-refractivity contribution in [3.8, 4) is 0 Å². The number of amides is 1. The van der Waals surface area contributed by atoms with Gasteiger partial charge in [0.15, 0.2) is 0 Å². The molecule has 0 spiro atoms. The van der Waals surface area contributed by atoms with Crippen LogP contribution in [0, 0.1) is 17.3 Å². The molecule has 0 aromatic rings. The van der Waals surface area contributed by atoms with Crippen LogP contribution in [0.5, 0.6) is 0 Å². The molecule has 2 saturated heterocycles. The van der Waals surface area contributed by atoms with E-state index in [0.29, 0.717) is 11.8 Å². The van der Waals surface area contributed by atoms with Gasteiger partial charge in [0.2, 0.25) is 5.91 Å². The van der Waals surface area contributed by atoms with Gasteiger partial charge in [0, 0.05) is 26.2 Å². The molecule has 0 bridgehead atoms. The Morgan fingerprint density at radius 2 is 1.80 bits per heavy atom. The second-order valence-electron chi connectivity index (χ2n) is 7.95. The Bertz CT molecular complexity index is 411. The number of hydrogen-bond donors (Lipinski definition) is 1. The number of carbonyl (C=O) groups is 1. The fourth-order valence-electron chi connectivity index (χ4n) is 5.15. The summed E-state index contributed by atoms with van der Waals surface area (Å²) < 4.78 is 0. The van der Waals surface area contributed by atoms with Crippen LogP contribution in [0.2, 0.25) is 0 Å². The van der Waals surface area contributed by atoms with Gasteiger partial charge in [-0.2, -0.15) is 0 Å². The number of hydrogen-bond acceptors (Lipinski definition) is 3. The lowest BCUT2D eigenvalue weighted by atomic mass is 9.67. The van der Waals surface area contributed by atoms with E-state index in [1.807, 2.05) is 0 Å². The fraction of sp³-hybridized carbons (Fsp3) is 0.947. The Kier molecular flexibility index (Phi) is 9.52. The van der Waals surface area contributed by atoms with Crippen LogP contribution < -0.4 is 5.32 Å². The van der Waals surface area contributed by atoms with Gasteiger partial charge in [0.05, 0.1) is 5.41 Å². The van der Waals surface area contributed by atoms with Gasteiger partial charge in [0.1, 0.15) is 0 Å². The molecule has 25 heavy (non-hydrogen) atoms. The number of nitrogens with zero attached hydrogens (tertiary/aromatic N) is 2. The number of rotatable bonds is 5. The Balaban J connectivity index is 0.00000156.